The summed E-state index contributed by atoms with van der Waals surface area (Å²) in [5.74, 6) is 0.156. The highest BCUT2D eigenvalue weighted by molar-refractivity contribution is 5.96. The summed E-state index contributed by atoms with van der Waals surface area (Å²) in [5, 5.41) is 7.08. The summed E-state index contributed by atoms with van der Waals surface area (Å²) >= 11 is 0. The average Bonchev–Trinajstić information content (AvgIpc) is 3.61. The number of fused-ring (bicyclic) bond motifs is 1. The van der Waals surface area contributed by atoms with Gasteiger partial charge in [-0.3, -0.25) is 18.7 Å². The first-order valence-electron chi connectivity index (χ1n) is 13.7. The summed E-state index contributed by atoms with van der Waals surface area (Å²) < 4.78 is 43.1. The maximum Gasteiger partial charge on any atom is 0.282 e. The lowest BCUT2D eigenvalue weighted by molar-refractivity contribution is -0.133. The fourth-order valence-electron chi connectivity index (χ4n) is 5.10. The maximum absolute atomic E-state index is 13.7. The number of carbonyl (C=O) groups is 2. The van der Waals surface area contributed by atoms with Gasteiger partial charge in [0.25, 0.3) is 12.3 Å². The van der Waals surface area contributed by atoms with E-state index in [1.165, 1.54) is 18.6 Å². The Kier molecular flexibility index (Phi) is 8.43. The van der Waals surface area contributed by atoms with Gasteiger partial charge in [0.15, 0.2) is 11.5 Å². The predicted molar refractivity (Wildman–Crippen MR) is 150 cm³/mol. The van der Waals surface area contributed by atoms with Crippen LogP contribution in [0.15, 0.2) is 43.0 Å². The van der Waals surface area contributed by atoms with Gasteiger partial charge in [-0.1, -0.05) is 6.92 Å². The third-order valence-electron chi connectivity index (χ3n) is 7.26. The Morgan fingerprint density at radius 1 is 1.12 bits per heavy atom. The quantitative estimate of drug-likeness (QED) is 0.309. The lowest BCUT2D eigenvalue weighted by Gasteiger charge is -2.35. The van der Waals surface area contributed by atoms with Crippen molar-refractivity contribution < 1.29 is 22.8 Å². The first kappa shape index (κ1) is 29.0. The third kappa shape index (κ3) is 5.66. The second-order valence-electron chi connectivity index (χ2n) is 10.1. The Morgan fingerprint density at radius 3 is 2.52 bits per heavy atom. The molecular formula is C28H32F3N9O2. The molecule has 0 spiro atoms. The summed E-state index contributed by atoms with van der Waals surface area (Å²) in [6.07, 6.45) is 3.71. The van der Waals surface area contributed by atoms with Crippen LogP contribution in [0.2, 0.25) is 0 Å². The molecule has 0 unspecified atom stereocenters. The summed E-state index contributed by atoms with van der Waals surface area (Å²) in [6.45, 7) is 4.47. The van der Waals surface area contributed by atoms with Gasteiger partial charge < -0.3 is 20.9 Å². The molecule has 0 saturated carbocycles. The molecule has 222 valence electrons. The van der Waals surface area contributed by atoms with Gasteiger partial charge in [0, 0.05) is 61.6 Å². The molecule has 3 aromatic heterocycles. The number of nitrogens with one attached hydrogen (secondary N) is 1. The first-order chi connectivity index (χ1) is 20.2. The molecule has 0 aliphatic carbocycles. The molecule has 1 fully saturated rings. The van der Waals surface area contributed by atoms with Crippen LogP contribution >= 0.6 is 0 Å². The van der Waals surface area contributed by atoms with Crippen LogP contribution in [0, 0.1) is 0 Å². The monoisotopic (exact) mass is 583 g/mol. The largest absolute Gasteiger partial charge is 0.338 e. The Hall–Kier alpha value is -4.46. The topological polar surface area (TPSA) is 127 Å². The number of aromatic nitrogens is 5. The normalized spacial score (nSPS) is 14.5. The molecule has 1 aliphatic rings. The van der Waals surface area contributed by atoms with Gasteiger partial charge in [0.2, 0.25) is 5.91 Å². The number of alkyl halides is 3. The van der Waals surface area contributed by atoms with Gasteiger partial charge in [-0.15, -0.1) is 0 Å². The zero-order valence-electron chi connectivity index (χ0n) is 23.3. The van der Waals surface area contributed by atoms with Gasteiger partial charge >= 0.3 is 0 Å². The third-order valence-corrected chi connectivity index (χ3v) is 7.26. The van der Waals surface area contributed by atoms with Crippen molar-refractivity contribution in [3.05, 3.63) is 59.8 Å². The molecular weight excluding hydrogens is 551 g/mol. The number of benzene rings is 1. The smallest absolute Gasteiger partial charge is 0.282 e. The van der Waals surface area contributed by atoms with Gasteiger partial charge in [0.1, 0.15) is 12.4 Å². The van der Waals surface area contributed by atoms with Crippen molar-refractivity contribution >= 4 is 29.0 Å². The van der Waals surface area contributed by atoms with E-state index in [9.17, 15) is 22.8 Å². The Bertz CT molecular complexity index is 1590. The highest BCUT2D eigenvalue weighted by atomic mass is 19.3. The second kappa shape index (κ2) is 12.2. The minimum atomic E-state index is -2.85. The zero-order valence-corrected chi connectivity index (χ0v) is 23.3. The van der Waals surface area contributed by atoms with E-state index in [1.54, 1.807) is 39.5 Å². The number of halogens is 3. The molecule has 0 radical (unpaired) electrons. The highest BCUT2D eigenvalue weighted by Gasteiger charge is 2.27. The molecule has 1 aliphatic heterocycles. The van der Waals surface area contributed by atoms with Crippen molar-refractivity contribution in [2.75, 3.05) is 38.2 Å². The van der Waals surface area contributed by atoms with E-state index in [4.69, 9.17) is 5.73 Å². The molecule has 4 heterocycles. The van der Waals surface area contributed by atoms with Crippen LogP contribution in [0.1, 0.15) is 41.9 Å². The van der Waals surface area contributed by atoms with Crippen LogP contribution in [-0.2, 0) is 17.8 Å². The van der Waals surface area contributed by atoms with E-state index >= 15 is 0 Å². The average molecular weight is 584 g/mol. The summed E-state index contributed by atoms with van der Waals surface area (Å²) in [6, 6.07) is 4.82. The predicted octanol–water partition coefficient (Wildman–Crippen LogP) is 3.44. The number of imidazole rings is 1. The lowest BCUT2D eigenvalue weighted by atomic mass is 10.0. The summed E-state index contributed by atoms with van der Waals surface area (Å²) in [5.41, 5.74) is 8.26. The molecule has 3 N–H and O–H groups in total. The Labute approximate surface area is 240 Å². The van der Waals surface area contributed by atoms with Gasteiger partial charge in [0.05, 0.1) is 24.5 Å². The molecule has 5 rings (SSSR count). The number of hydrogen-bond acceptors (Lipinski definition) is 7. The number of piperazine rings is 1. The summed E-state index contributed by atoms with van der Waals surface area (Å²) in [4.78, 5) is 37.8. The van der Waals surface area contributed by atoms with Crippen molar-refractivity contribution in [3.8, 4) is 11.3 Å². The molecule has 42 heavy (non-hydrogen) atoms. The van der Waals surface area contributed by atoms with Gasteiger partial charge in [-0.05, 0) is 37.1 Å². The number of carbonyl (C=O) groups excluding carboxylic acids is 2. The number of rotatable bonds is 9. The fourth-order valence-corrected chi connectivity index (χ4v) is 5.10. The number of nitrogens with zero attached hydrogens (tertiary/aromatic N) is 7. The molecule has 4 aromatic rings. The number of hydrogen-bond donors (Lipinski definition) is 2. The van der Waals surface area contributed by atoms with Crippen LogP contribution in [0.3, 0.4) is 0 Å². The number of amides is 2. The van der Waals surface area contributed by atoms with Gasteiger partial charge in [-0.25, -0.2) is 23.1 Å². The standard InChI is InChI=1S/C28H32F3N9O2/c1-3-18-14-19(4-5-20(18)28(42)38-12-10-37(11-13-38)27(41)17(2)32)35-25-26-34-15-22(40(26)9-7-33-25)21-16-39(8-6-29)36-23(21)24(30)31/h4-5,7,9,14-17,24H,3,6,8,10-13,32H2,1-2H3,(H,33,35)/t17-/m0/s1. The Balaban J connectivity index is 1.37. The minimum absolute atomic E-state index is 0.104. The molecule has 1 atom stereocenters. The van der Waals surface area contributed by atoms with Crippen LogP contribution in [0.4, 0.5) is 24.7 Å². The van der Waals surface area contributed by atoms with E-state index in [0.29, 0.717) is 61.0 Å². The van der Waals surface area contributed by atoms with E-state index in [0.717, 1.165) is 10.2 Å². The molecule has 0 bridgehead atoms. The second-order valence-corrected chi connectivity index (χ2v) is 10.1. The van der Waals surface area contributed by atoms with Crippen LogP contribution in [0.25, 0.3) is 16.9 Å². The van der Waals surface area contributed by atoms with Gasteiger partial charge in [-0.2, -0.15) is 5.10 Å². The lowest BCUT2D eigenvalue weighted by Crippen LogP contribution is -2.53. The van der Waals surface area contributed by atoms with E-state index in [1.807, 2.05) is 13.0 Å². The van der Waals surface area contributed by atoms with E-state index in [-0.39, 0.29) is 23.9 Å². The molecule has 2 amide bonds. The first-order valence-corrected chi connectivity index (χ1v) is 13.7. The number of nitrogens with two attached hydrogens (primary N) is 1. The highest BCUT2D eigenvalue weighted by Crippen LogP contribution is 2.32. The zero-order chi connectivity index (χ0) is 30.0. The number of aryl methyl sites for hydroxylation is 2. The Morgan fingerprint density at radius 2 is 1.86 bits per heavy atom. The maximum atomic E-state index is 13.7. The number of anilines is 2. The van der Waals surface area contributed by atoms with E-state index in [2.05, 4.69) is 20.4 Å². The fraction of sp³-hybridized carbons (Fsp3) is 0.393. The molecule has 11 nitrogen and oxygen atoms in total. The van der Waals surface area contributed by atoms with Crippen molar-refractivity contribution in [1.29, 1.82) is 0 Å². The molecule has 1 aromatic carbocycles. The molecule has 1 saturated heterocycles. The summed E-state index contributed by atoms with van der Waals surface area (Å²) in [7, 11) is 0. The van der Waals surface area contributed by atoms with Crippen LogP contribution in [-0.4, -0.2) is 84.7 Å². The van der Waals surface area contributed by atoms with Crippen molar-refractivity contribution in [2.45, 2.75) is 39.3 Å². The van der Waals surface area contributed by atoms with E-state index < -0.39 is 24.8 Å². The van der Waals surface area contributed by atoms with Crippen LogP contribution < -0.4 is 11.1 Å². The molecule has 14 heteroatoms. The minimum Gasteiger partial charge on any atom is -0.338 e. The van der Waals surface area contributed by atoms with Crippen molar-refractivity contribution in [1.82, 2.24) is 33.9 Å². The van der Waals surface area contributed by atoms with Crippen molar-refractivity contribution in [3.63, 3.8) is 0 Å². The SMILES string of the molecule is CCc1cc(Nc2nccn3c(-c4cn(CCF)nc4C(F)F)cnc23)ccc1C(=O)N1CCN(C(=O)[C@H](C)N)CC1. The van der Waals surface area contributed by atoms with Crippen LogP contribution in [0.5, 0.6) is 0 Å². The van der Waals surface area contributed by atoms with Crippen molar-refractivity contribution in [2.24, 2.45) is 5.73 Å².